The molecule has 0 bridgehead atoms. The normalized spacial score (nSPS) is 13.9. The Morgan fingerprint density at radius 2 is 1.53 bits per heavy atom. The number of carbonyl (C=O) groups is 1. The van der Waals surface area contributed by atoms with Gasteiger partial charge in [0, 0.05) is 5.92 Å². The van der Waals surface area contributed by atoms with E-state index in [1.54, 1.807) is 0 Å². The van der Waals surface area contributed by atoms with E-state index in [9.17, 15) is 4.79 Å². The van der Waals surface area contributed by atoms with Crippen molar-refractivity contribution in [1.82, 2.24) is 0 Å². The molecule has 0 aromatic carbocycles. The second-order valence-electron chi connectivity index (χ2n) is 5.98. The molecule has 0 fully saturated rings. The molecule has 0 heterocycles. The number of unbranched alkanes of at least 4 members (excludes halogenated alkanes) is 4. The number of hydrogen-bond acceptors (Lipinski definition) is 1. The summed E-state index contributed by atoms with van der Waals surface area (Å²) in [5.41, 5.74) is 0.492. The standard InChI is InChI=1S/C14H28O/c1-13(12-15)10-8-6-5-7-9-11-14(2,3)4/h12-13H,5-11H2,1-4H3. The zero-order valence-electron chi connectivity index (χ0n) is 11.0. The van der Waals surface area contributed by atoms with Gasteiger partial charge in [-0.1, -0.05) is 59.8 Å². The van der Waals surface area contributed by atoms with Crippen LogP contribution < -0.4 is 0 Å². The van der Waals surface area contributed by atoms with Gasteiger partial charge in [0.2, 0.25) is 0 Å². The first kappa shape index (κ1) is 14.7. The molecular formula is C14H28O. The van der Waals surface area contributed by atoms with Crippen LogP contribution >= 0.6 is 0 Å². The van der Waals surface area contributed by atoms with Crippen molar-refractivity contribution in [2.24, 2.45) is 11.3 Å². The van der Waals surface area contributed by atoms with E-state index >= 15 is 0 Å². The van der Waals surface area contributed by atoms with Gasteiger partial charge >= 0.3 is 0 Å². The monoisotopic (exact) mass is 212 g/mol. The van der Waals surface area contributed by atoms with Crippen LogP contribution in [0.25, 0.3) is 0 Å². The maximum Gasteiger partial charge on any atom is 0.122 e. The first-order chi connectivity index (χ1) is 6.95. The molecule has 0 aromatic rings. The molecule has 1 unspecified atom stereocenters. The molecule has 90 valence electrons. The molecule has 0 spiro atoms. The van der Waals surface area contributed by atoms with Crippen LogP contribution in [0.1, 0.15) is 72.6 Å². The summed E-state index contributed by atoms with van der Waals surface area (Å²) in [6.07, 6.45) is 10.0. The van der Waals surface area contributed by atoms with Gasteiger partial charge in [0.15, 0.2) is 0 Å². The zero-order valence-corrected chi connectivity index (χ0v) is 11.0. The van der Waals surface area contributed by atoms with Crippen LogP contribution in [-0.2, 0) is 4.79 Å². The highest BCUT2D eigenvalue weighted by molar-refractivity contribution is 5.52. The summed E-state index contributed by atoms with van der Waals surface area (Å²) in [6.45, 7) is 8.92. The maximum absolute atomic E-state index is 10.4. The predicted octanol–water partition coefficient (Wildman–Crippen LogP) is 4.60. The fraction of sp³-hybridized carbons (Fsp3) is 0.929. The number of hydrogen-bond donors (Lipinski definition) is 0. The Hall–Kier alpha value is -0.330. The molecule has 0 radical (unpaired) electrons. The summed E-state index contributed by atoms with van der Waals surface area (Å²) in [4.78, 5) is 10.4. The quantitative estimate of drug-likeness (QED) is 0.424. The molecular weight excluding hydrogens is 184 g/mol. The summed E-state index contributed by atoms with van der Waals surface area (Å²) < 4.78 is 0. The molecule has 1 nitrogen and oxygen atoms in total. The highest BCUT2D eigenvalue weighted by Gasteiger charge is 2.08. The van der Waals surface area contributed by atoms with Gasteiger partial charge in [-0.3, -0.25) is 0 Å². The van der Waals surface area contributed by atoms with E-state index in [-0.39, 0.29) is 5.92 Å². The van der Waals surface area contributed by atoms with E-state index < -0.39 is 0 Å². The van der Waals surface area contributed by atoms with Gasteiger partial charge in [-0.05, 0) is 18.3 Å². The highest BCUT2D eigenvalue weighted by atomic mass is 16.1. The first-order valence-electron chi connectivity index (χ1n) is 6.41. The van der Waals surface area contributed by atoms with Gasteiger partial charge in [0.1, 0.15) is 6.29 Å². The van der Waals surface area contributed by atoms with Gasteiger partial charge in [-0.2, -0.15) is 0 Å². The molecule has 0 saturated heterocycles. The molecule has 0 aromatic heterocycles. The highest BCUT2D eigenvalue weighted by Crippen LogP contribution is 2.22. The Bertz CT molecular complexity index is 155. The van der Waals surface area contributed by atoms with Gasteiger partial charge in [-0.15, -0.1) is 0 Å². The second kappa shape index (κ2) is 7.90. The van der Waals surface area contributed by atoms with Crippen LogP contribution in [0, 0.1) is 11.3 Å². The van der Waals surface area contributed by atoms with Crippen LogP contribution in [0.3, 0.4) is 0 Å². The van der Waals surface area contributed by atoms with E-state index in [0.717, 1.165) is 12.7 Å². The number of rotatable bonds is 8. The minimum atomic E-state index is 0.263. The fourth-order valence-corrected chi connectivity index (χ4v) is 1.72. The third kappa shape index (κ3) is 11.6. The van der Waals surface area contributed by atoms with E-state index in [0.29, 0.717) is 5.41 Å². The maximum atomic E-state index is 10.4. The largest absolute Gasteiger partial charge is 0.303 e. The van der Waals surface area contributed by atoms with E-state index in [4.69, 9.17) is 0 Å². The smallest absolute Gasteiger partial charge is 0.122 e. The average molecular weight is 212 g/mol. The van der Waals surface area contributed by atoms with Crippen molar-refractivity contribution in [3.63, 3.8) is 0 Å². The third-order valence-corrected chi connectivity index (χ3v) is 2.82. The van der Waals surface area contributed by atoms with Crippen molar-refractivity contribution >= 4 is 6.29 Å². The van der Waals surface area contributed by atoms with Gasteiger partial charge in [0.05, 0.1) is 0 Å². The van der Waals surface area contributed by atoms with Crippen LogP contribution in [0.2, 0.25) is 0 Å². The molecule has 0 rings (SSSR count). The van der Waals surface area contributed by atoms with Crippen LogP contribution in [-0.4, -0.2) is 6.29 Å². The SMILES string of the molecule is CC(C=O)CCCCCCCC(C)(C)C. The number of carbonyl (C=O) groups excluding carboxylic acids is 1. The van der Waals surface area contributed by atoms with Crippen LogP contribution in [0.4, 0.5) is 0 Å². The Labute approximate surface area is 95.6 Å². The molecule has 0 aliphatic heterocycles. The minimum Gasteiger partial charge on any atom is -0.303 e. The molecule has 0 aliphatic rings. The van der Waals surface area contributed by atoms with Crippen molar-refractivity contribution in [1.29, 1.82) is 0 Å². The lowest BCUT2D eigenvalue weighted by atomic mass is 9.89. The number of aldehydes is 1. The molecule has 0 amide bonds. The van der Waals surface area contributed by atoms with Crippen molar-refractivity contribution in [3.05, 3.63) is 0 Å². The van der Waals surface area contributed by atoms with Gasteiger partial charge in [-0.25, -0.2) is 0 Å². The molecule has 1 atom stereocenters. The van der Waals surface area contributed by atoms with Crippen molar-refractivity contribution in [2.75, 3.05) is 0 Å². The first-order valence-corrected chi connectivity index (χ1v) is 6.41. The van der Waals surface area contributed by atoms with Crippen molar-refractivity contribution in [2.45, 2.75) is 72.6 Å². The Morgan fingerprint density at radius 1 is 1.00 bits per heavy atom. The van der Waals surface area contributed by atoms with Crippen molar-refractivity contribution < 1.29 is 4.79 Å². The third-order valence-electron chi connectivity index (χ3n) is 2.82. The van der Waals surface area contributed by atoms with Crippen LogP contribution in [0.5, 0.6) is 0 Å². The van der Waals surface area contributed by atoms with Gasteiger partial charge in [0.25, 0.3) is 0 Å². The predicted molar refractivity (Wildman–Crippen MR) is 67.0 cm³/mol. The Balaban J connectivity index is 3.15. The van der Waals surface area contributed by atoms with E-state index in [1.807, 2.05) is 6.92 Å². The second-order valence-corrected chi connectivity index (χ2v) is 5.98. The van der Waals surface area contributed by atoms with Crippen LogP contribution in [0.15, 0.2) is 0 Å². The molecule has 1 heteroatoms. The van der Waals surface area contributed by atoms with E-state index in [1.165, 1.54) is 38.5 Å². The zero-order chi connectivity index (χ0) is 11.7. The summed E-state index contributed by atoms with van der Waals surface area (Å²) in [7, 11) is 0. The molecule has 15 heavy (non-hydrogen) atoms. The lowest BCUT2D eigenvalue weighted by Crippen LogP contribution is -2.03. The topological polar surface area (TPSA) is 17.1 Å². The molecule has 0 saturated carbocycles. The molecule has 0 N–H and O–H groups in total. The summed E-state index contributed by atoms with van der Waals surface area (Å²) in [6, 6.07) is 0. The van der Waals surface area contributed by atoms with Gasteiger partial charge < -0.3 is 4.79 Å². The summed E-state index contributed by atoms with van der Waals surface area (Å²) >= 11 is 0. The summed E-state index contributed by atoms with van der Waals surface area (Å²) in [5, 5.41) is 0. The lowest BCUT2D eigenvalue weighted by molar-refractivity contribution is -0.110. The lowest BCUT2D eigenvalue weighted by Gasteiger charge is -2.17. The van der Waals surface area contributed by atoms with Crippen molar-refractivity contribution in [3.8, 4) is 0 Å². The minimum absolute atomic E-state index is 0.263. The fourth-order valence-electron chi connectivity index (χ4n) is 1.72. The Kier molecular flexibility index (Phi) is 7.72. The van der Waals surface area contributed by atoms with E-state index in [2.05, 4.69) is 20.8 Å². The summed E-state index contributed by atoms with van der Waals surface area (Å²) in [5.74, 6) is 0.263. The molecule has 0 aliphatic carbocycles. The Morgan fingerprint density at radius 3 is 2.07 bits per heavy atom. The average Bonchev–Trinajstić information content (AvgIpc) is 2.14.